The molecule has 0 aromatic rings. The first-order valence-electron chi connectivity index (χ1n) is 46.5. The Bertz CT molecular complexity index is 2410. The zero-order valence-corrected chi connectivity index (χ0v) is 139. The summed E-state index contributed by atoms with van der Waals surface area (Å²) in [5.74, 6) is 0. The van der Waals surface area contributed by atoms with E-state index >= 15 is 0 Å². The predicted molar refractivity (Wildman–Crippen MR) is 636 cm³/mol. The molecule has 0 spiro atoms. The standard InChI is InChI=1S/6C10H30O5Si5.H18O7Si8/c6*1-16(2)11-17(3,4)13-19(7,8)15-20(9,10)14-18(5,6)12-16;8-1-10-3-12-5-14-7-15-6-13-4-11-2-9/h6*1-10H3;10-15H2,8-9H3. The summed E-state index contributed by atoms with van der Waals surface area (Å²) in [7, 11) is -71.0. The number of rotatable bonds is 12. The van der Waals surface area contributed by atoms with E-state index in [9.17, 15) is 0 Å². The van der Waals surface area contributed by atoms with Crippen molar-refractivity contribution in [2.24, 2.45) is 0 Å². The van der Waals surface area contributed by atoms with Crippen molar-refractivity contribution in [1.29, 1.82) is 0 Å². The molecular weight excluding hydrogens is 2380 g/mol. The first-order valence-corrected chi connectivity index (χ1v) is 140. The van der Waals surface area contributed by atoms with Crippen LogP contribution in [-0.2, 0) is 152 Å². The van der Waals surface area contributed by atoms with Crippen LogP contribution in [-0.4, -0.2) is 338 Å². The normalized spacial score (nSPS) is 29.8. The van der Waals surface area contributed by atoms with E-state index in [1.54, 1.807) is 0 Å². The SMILES string of the molecule is C[Si]1(C)O[Si](C)(C)O[Si](C)(C)O[Si](C)(C)O[Si](C)(C)O1.C[Si]1(C)O[Si](C)(C)O[Si](C)(C)O[Si](C)(C)O[Si](C)(C)O1.C[Si]1(C)O[Si](C)(C)O[Si](C)(C)O[Si](C)(C)O[Si](C)(C)O1.C[Si]1(C)O[Si](C)(C)O[Si](C)(C)O[Si](C)(C)O[Si](C)(C)O1.C[Si]1(C)O[Si](C)(C)O[Si](C)(C)O[Si](C)(C)O[Si](C)(C)O1.C[Si]1(C)O[Si](C)(C)O[Si](C)(C)O[Si](C)(C)O[Si](C)(C)O1.[SiH3]O[SiH2]O[SiH2]O[SiH2]O[SiH2]O[SiH2]O[SiH2]O[SiH3]. The summed E-state index contributed by atoms with van der Waals surface area (Å²) < 4.78 is 225. The molecule has 0 aromatic carbocycles. The fraction of sp³-hybridized carbons (Fsp3) is 1.00. The Balaban J connectivity index is 0.00000155. The van der Waals surface area contributed by atoms with Gasteiger partial charge in [-0.3, -0.25) is 0 Å². The van der Waals surface area contributed by atoms with Crippen LogP contribution in [0.15, 0.2) is 0 Å². The monoisotopic (exact) mass is 2570 g/mol. The third-order valence-electron chi connectivity index (χ3n) is 15.8. The van der Waals surface area contributed by atoms with E-state index in [0.29, 0.717) is 0 Å². The van der Waals surface area contributed by atoms with Crippen molar-refractivity contribution in [3.05, 3.63) is 0 Å². The molecule has 0 N–H and O–H groups in total. The predicted octanol–water partition coefficient (Wildman–Crippen LogP) is 13.2. The van der Waals surface area contributed by atoms with Gasteiger partial charge in [-0.25, -0.2) is 0 Å². The summed E-state index contributed by atoms with van der Waals surface area (Å²) in [6, 6.07) is 0. The van der Waals surface area contributed by atoms with Gasteiger partial charge in [0.1, 0.15) is 21.0 Å². The maximum absolute atomic E-state index is 6.30. The first kappa shape index (κ1) is 142. The summed E-state index contributed by atoms with van der Waals surface area (Å²) in [5.41, 5.74) is 0. The van der Waals surface area contributed by atoms with E-state index in [4.69, 9.17) is 152 Å². The molecule has 6 aliphatic heterocycles. The molecular formula is C60H198O37Si38. The van der Waals surface area contributed by atoms with Crippen LogP contribution >= 0.6 is 0 Å². The molecule has 0 saturated carbocycles. The fourth-order valence-electron chi connectivity index (χ4n) is 19.0. The fourth-order valence-corrected chi connectivity index (χ4v) is 189. The second kappa shape index (κ2) is 52.1. The van der Waals surface area contributed by atoms with Gasteiger partial charge >= 0.3 is 257 Å². The lowest BCUT2D eigenvalue weighted by Gasteiger charge is -2.46. The van der Waals surface area contributed by atoms with Gasteiger partial charge in [-0.1, -0.05) is 0 Å². The van der Waals surface area contributed by atoms with Crippen molar-refractivity contribution in [3.63, 3.8) is 0 Å². The molecule has 0 unspecified atom stereocenters. The van der Waals surface area contributed by atoms with Gasteiger partial charge in [0.05, 0.1) is 0 Å². The van der Waals surface area contributed by atoms with Gasteiger partial charge in [0.15, 0.2) is 0 Å². The average molecular weight is 2580 g/mol. The molecule has 6 aliphatic rings. The highest BCUT2D eigenvalue weighted by Gasteiger charge is 2.59. The van der Waals surface area contributed by atoms with Gasteiger partial charge in [-0.05, 0) is 393 Å². The van der Waals surface area contributed by atoms with Crippen LogP contribution in [0.3, 0.4) is 0 Å². The molecule has 6 heterocycles. The Morgan fingerprint density at radius 3 is 0.185 bits per heavy atom. The van der Waals surface area contributed by atoms with E-state index in [1.165, 1.54) is 0 Å². The molecule has 812 valence electrons. The van der Waals surface area contributed by atoms with Gasteiger partial charge in [0, 0.05) is 0 Å². The lowest BCUT2D eigenvalue weighted by atomic mass is 11.9. The van der Waals surface area contributed by atoms with Gasteiger partial charge in [0.25, 0.3) is 60.0 Å². The van der Waals surface area contributed by atoms with Crippen LogP contribution in [0.1, 0.15) is 0 Å². The zero-order chi connectivity index (χ0) is 107. The smallest absolute Gasteiger partial charge is 0.314 e. The first-order chi connectivity index (χ1) is 58.6. The Morgan fingerprint density at radius 1 is 0.0963 bits per heavy atom. The second-order valence-electron chi connectivity index (χ2n) is 47.4. The second-order valence-corrected chi connectivity index (χ2v) is 170. The van der Waals surface area contributed by atoms with Crippen molar-refractivity contribution in [2.75, 3.05) is 0 Å². The van der Waals surface area contributed by atoms with Crippen LogP contribution in [0.25, 0.3) is 0 Å². The molecule has 0 amide bonds. The van der Waals surface area contributed by atoms with Crippen LogP contribution in [0.2, 0.25) is 393 Å². The highest BCUT2D eigenvalue weighted by atomic mass is 28.6. The molecule has 0 aromatic heterocycles. The Hall–Kier alpha value is 6.76. The van der Waals surface area contributed by atoms with E-state index < -0.39 is 317 Å². The molecule has 75 heteroatoms. The maximum Gasteiger partial charge on any atom is 0.314 e. The zero-order valence-electron chi connectivity index (χ0n) is 96.3. The van der Waals surface area contributed by atoms with Gasteiger partial charge in [-0.15, -0.1) is 0 Å². The summed E-state index contributed by atoms with van der Waals surface area (Å²) in [6.07, 6.45) is 0. The molecule has 6 rings (SSSR count). The lowest BCUT2D eigenvalue weighted by molar-refractivity contribution is 0.236. The van der Waals surface area contributed by atoms with Crippen LogP contribution in [0, 0.1) is 0 Å². The van der Waals surface area contributed by atoms with E-state index in [-0.39, 0.29) is 0 Å². The minimum Gasteiger partial charge on any atom is -0.449 e. The quantitative estimate of drug-likeness (QED) is 0.129. The molecule has 0 bridgehead atoms. The third-order valence-corrected chi connectivity index (χ3v) is 142. The van der Waals surface area contributed by atoms with Crippen LogP contribution in [0.5, 0.6) is 0 Å². The van der Waals surface area contributed by atoms with Gasteiger partial charge in [-0.2, -0.15) is 0 Å². The van der Waals surface area contributed by atoms with Gasteiger partial charge < -0.3 is 152 Å². The van der Waals surface area contributed by atoms with E-state index in [1.807, 2.05) is 0 Å². The molecule has 6 saturated heterocycles. The minimum absolute atomic E-state index is 0.706. The maximum atomic E-state index is 6.30. The Kier molecular flexibility index (Phi) is 54.7. The van der Waals surface area contributed by atoms with Crippen molar-refractivity contribution >= 4 is 338 Å². The third kappa shape index (κ3) is 68.6. The van der Waals surface area contributed by atoms with Crippen molar-refractivity contribution in [3.8, 4) is 0 Å². The molecule has 0 radical (unpaired) electrons. The van der Waals surface area contributed by atoms with Crippen molar-refractivity contribution < 1.29 is 152 Å². The molecule has 0 aliphatic carbocycles. The Labute approximate surface area is 874 Å². The summed E-state index contributed by atoms with van der Waals surface area (Å²) >= 11 is 0. The largest absolute Gasteiger partial charge is 0.449 e. The van der Waals surface area contributed by atoms with E-state index in [2.05, 4.69) is 393 Å². The molecule has 37 nitrogen and oxygen atoms in total. The molecule has 6 fully saturated rings. The summed E-state index contributed by atoms with van der Waals surface area (Å²) in [6.45, 7) is 125. The Morgan fingerprint density at radius 2 is 0.141 bits per heavy atom. The number of hydrogen-bond donors (Lipinski definition) is 0. The molecule has 135 heavy (non-hydrogen) atoms. The topological polar surface area (TPSA) is 342 Å². The summed E-state index contributed by atoms with van der Waals surface area (Å²) in [5, 5.41) is 0. The minimum atomic E-state index is -2.26. The van der Waals surface area contributed by atoms with Gasteiger partial charge in [0.2, 0.25) is 0 Å². The van der Waals surface area contributed by atoms with Crippen LogP contribution < -0.4 is 0 Å². The van der Waals surface area contributed by atoms with Crippen LogP contribution in [0.4, 0.5) is 0 Å². The highest BCUT2D eigenvalue weighted by Crippen LogP contribution is 2.39. The highest BCUT2D eigenvalue weighted by molar-refractivity contribution is 6.99. The van der Waals surface area contributed by atoms with Crippen molar-refractivity contribution in [2.45, 2.75) is 393 Å². The number of hydrogen-bond acceptors (Lipinski definition) is 37. The lowest BCUT2D eigenvalue weighted by Crippen LogP contribution is -2.64. The summed E-state index contributed by atoms with van der Waals surface area (Å²) in [4.78, 5) is 0. The molecule has 0 atom stereocenters. The van der Waals surface area contributed by atoms with E-state index in [0.717, 1.165) is 21.0 Å². The average Bonchev–Trinajstić information content (AvgIpc) is 0.814. The van der Waals surface area contributed by atoms with Crippen molar-refractivity contribution in [1.82, 2.24) is 0 Å².